The third kappa shape index (κ3) is 5.50. The van der Waals surface area contributed by atoms with Crippen LogP contribution >= 0.6 is 11.5 Å². The molecule has 2 unspecified atom stereocenters. The third-order valence-corrected chi connectivity index (χ3v) is 6.70. The summed E-state index contributed by atoms with van der Waals surface area (Å²) in [5.41, 5.74) is 1.14. The zero-order valence-corrected chi connectivity index (χ0v) is 19.5. The SMILES string of the molecule is CCCCC(CC)C(=O)N1CCN(c2nc(Cc3cccc(OC)c3)ns2)CC1C. The van der Waals surface area contributed by atoms with E-state index in [1.165, 1.54) is 11.5 Å². The van der Waals surface area contributed by atoms with Gasteiger partial charge in [0, 0.05) is 49.5 Å². The monoisotopic (exact) mass is 430 g/mol. The molecular formula is C23H34N4O2S. The van der Waals surface area contributed by atoms with E-state index in [1.54, 1.807) is 7.11 Å². The maximum absolute atomic E-state index is 13.0. The lowest BCUT2D eigenvalue weighted by Crippen LogP contribution is -2.55. The number of anilines is 1. The molecule has 1 amide bonds. The van der Waals surface area contributed by atoms with Gasteiger partial charge in [-0.3, -0.25) is 4.79 Å². The second-order valence-corrected chi connectivity index (χ2v) is 8.83. The zero-order valence-electron chi connectivity index (χ0n) is 18.6. The van der Waals surface area contributed by atoms with Crippen LogP contribution in [0.2, 0.25) is 0 Å². The van der Waals surface area contributed by atoms with E-state index in [1.807, 2.05) is 18.2 Å². The maximum Gasteiger partial charge on any atom is 0.226 e. The predicted molar refractivity (Wildman–Crippen MR) is 122 cm³/mol. The topological polar surface area (TPSA) is 58.6 Å². The van der Waals surface area contributed by atoms with Crippen molar-refractivity contribution in [2.24, 2.45) is 5.92 Å². The largest absolute Gasteiger partial charge is 0.497 e. The van der Waals surface area contributed by atoms with Crippen LogP contribution in [-0.4, -0.2) is 53.0 Å². The molecule has 164 valence electrons. The van der Waals surface area contributed by atoms with Crippen molar-refractivity contribution in [2.45, 2.75) is 58.9 Å². The van der Waals surface area contributed by atoms with Crippen LogP contribution in [0.4, 0.5) is 5.13 Å². The van der Waals surface area contributed by atoms with Crippen molar-refractivity contribution in [2.75, 3.05) is 31.6 Å². The Balaban J connectivity index is 1.59. The van der Waals surface area contributed by atoms with Crippen molar-refractivity contribution >= 4 is 22.6 Å². The van der Waals surface area contributed by atoms with Gasteiger partial charge in [-0.25, -0.2) is 4.98 Å². The van der Waals surface area contributed by atoms with Crippen LogP contribution in [0.15, 0.2) is 24.3 Å². The number of rotatable bonds is 9. The summed E-state index contributed by atoms with van der Waals surface area (Å²) in [5, 5.41) is 0.949. The van der Waals surface area contributed by atoms with Crippen LogP contribution in [0.1, 0.15) is 57.8 Å². The fourth-order valence-corrected chi connectivity index (χ4v) is 4.78. The zero-order chi connectivity index (χ0) is 21.5. The van der Waals surface area contributed by atoms with Gasteiger partial charge < -0.3 is 14.5 Å². The highest BCUT2D eigenvalue weighted by molar-refractivity contribution is 7.09. The molecule has 2 aromatic rings. The van der Waals surface area contributed by atoms with Gasteiger partial charge in [0.1, 0.15) is 11.6 Å². The molecule has 0 spiro atoms. The van der Waals surface area contributed by atoms with E-state index >= 15 is 0 Å². The van der Waals surface area contributed by atoms with Crippen LogP contribution in [0, 0.1) is 5.92 Å². The van der Waals surface area contributed by atoms with Crippen molar-refractivity contribution in [3.8, 4) is 5.75 Å². The third-order valence-electron chi connectivity index (χ3n) is 5.88. The van der Waals surface area contributed by atoms with Gasteiger partial charge in [0.25, 0.3) is 0 Å². The summed E-state index contributed by atoms with van der Waals surface area (Å²) in [4.78, 5) is 22.1. The minimum Gasteiger partial charge on any atom is -0.497 e. The Morgan fingerprint density at radius 1 is 1.33 bits per heavy atom. The first-order valence-corrected chi connectivity index (χ1v) is 11.8. The molecular weight excluding hydrogens is 396 g/mol. The first-order chi connectivity index (χ1) is 14.5. The number of ether oxygens (including phenoxy) is 1. The van der Waals surface area contributed by atoms with Crippen LogP contribution in [0.25, 0.3) is 0 Å². The Kier molecular flexibility index (Phi) is 8.08. The van der Waals surface area contributed by atoms with Crippen molar-refractivity contribution in [1.29, 1.82) is 0 Å². The smallest absolute Gasteiger partial charge is 0.226 e. The van der Waals surface area contributed by atoms with Gasteiger partial charge in [0.2, 0.25) is 11.0 Å². The average molecular weight is 431 g/mol. The molecule has 6 nitrogen and oxygen atoms in total. The summed E-state index contributed by atoms with van der Waals surface area (Å²) in [6.45, 7) is 8.84. The Morgan fingerprint density at radius 3 is 2.87 bits per heavy atom. The van der Waals surface area contributed by atoms with Crippen molar-refractivity contribution in [1.82, 2.24) is 14.3 Å². The van der Waals surface area contributed by atoms with Crippen LogP contribution in [0.3, 0.4) is 0 Å². The highest BCUT2D eigenvalue weighted by Gasteiger charge is 2.31. The van der Waals surface area contributed by atoms with Gasteiger partial charge in [0.05, 0.1) is 7.11 Å². The van der Waals surface area contributed by atoms with E-state index in [0.717, 1.165) is 67.6 Å². The van der Waals surface area contributed by atoms with Crippen LogP contribution in [0.5, 0.6) is 5.75 Å². The molecule has 0 saturated carbocycles. The van der Waals surface area contributed by atoms with Gasteiger partial charge in [0.15, 0.2) is 0 Å². The van der Waals surface area contributed by atoms with Crippen molar-refractivity contribution in [3.63, 3.8) is 0 Å². The van der Waals surface area contributed by atoms with E-state index < -0.39 is 0 Å². The standard InChI is InChI=1S/C23H34N4O2S/c1-5-7-10-19(6-2)22(28)27-13-12-26(16-17(27)3)23-24-21(25-30-23)15-18-9-8-11-20(14-18)29-4/h8-9,11,14,17,19H,5-7,10,12-13,15-16H2,1-4H3. The number of methoxy groups -OCH3 is 1. The van der Waals surface area contributed by atoms with E-state index in [4.69, 9.17) is 9.72 Å². The van der Waals surface area contributed by atoms with Gasteiger partial charge in [-0.15, -0.1) is 0 Å². The lowest BCUT2D eigenvalue weighted by Gasteiger charge is -2.41. The molecule has 0 aliphatic carbocycles. The summed E-state index contributed by atoms with van der Waals surface area (Å²) in [5.74, 6) is 2.17. The molecule has 0 radical (unpaired) electrons. The van der Waals surface area contributed by atoms with Crippen molar-refractivity contribution < 1.29 is 9.53 Å². The number of hydrogen-bond acceptors (Lipinski definition) is 6. The molecule has 0 N–H and O–H groups in total. The quantitative estimate of drug-likeness (QED) is 0.590. The summed E-state index contributed by atoms with van der Waals surface area (Å²) in [6, 6.07) is 8.21. The minimum atomic E-state index is 0.162. The molecule has 1 fully saturated rings. The van der Waals surface area contributed by atoms with E-state index in [0.29, 0.717) is 12.3 Å². The number of carbonyl (C=O) groups is 1. The first kappa shape index (κ1) is 22.5. The molecule has 1 aliphatic heterocycles. The Labute approximate surface area is 184 Å². The van der Waals surface area contributed by atoms with Gasteiger partial charge in [-0.2, -0.15) is 4.37 Å². The molecule has 3 rings (SSSR count). The van der Waals surface area contributed by atoms with E-state index in [9.17, 15) is 4.79 Å². The lowest BCUT2D eigenvalue weighted by atomic mass is 9.96. The number of carbonyl (C=O) groups excluding carboxylic acids is 1. The fourth-order valence-electron chi connectivity index (χ4n) is 4.06. The van der Waals surface area contributed by atoms with Gasteiger partial charge >= 0.3 is 0 Å². The summed E-state index contributed by atoms with van der Waals surface area (Å²) in [6.07, 6.45) is 4.89. The molecule has 1 aromatic carbocycles. The second kappa shape index (κ2) is 10.8. The molecule has 30 heavy (non-hydrogen) atoms. The number of piperazine rings is 1. The van der Waals surface area contributed by atoms with Gasteiger partial charge in [-0.05, 0) is 37.5 Å². The number of aromatic nitrogens is 2. The van der Waals surface area contributed by atoms with E-state index in [2.05, 4.69) is 41.0 Å². The summed E-state index contributed by atoms with van der Waals surface area (Å²) in [7, 11) is 1.68. The number of nitrogens with zero attached hydrogens (tertiary/aromatic N) is 4. The molecule has 7 heteroatoms. The molecule has 2 heterocycles. The predicted octanol–water partition coefficient (Wildman–Crippen LogP) is 4.39. The second-order valence-electron chi connectivity index (χ2n) is 8.10. The molecule has 2 atom stereocenters. The highest BCUT2D eigenvalue weighted by atomic mass is 32.1. The molecule has 1 aliphatic rings. The van der Waals surface area contributed by atoms with Crippen LogP contribution < -0.4 is 9.64 Å². The van der Waals surface area contributed by atoms with Crippen molar-refractivity contribution in [3.05, 3.63) is 35.7 Å². The summed E-state index contributed by atoms with van der Waals surface area (Å²) < 4.78 is 9.87. The first-order valence-electron chi connectivity index (χ1n) is 11.1. The lowest BCUT2D eigenvalue weighted by molar-refractivity contribution is -0.138. The number of unbranched alkanes of at least 4 members (excludes halogenated alkanes) is 1. The molecule has 1 saturated heterocycles. The maximum atomic E-state index is 13.0. The highest BCUT2D eigenvalue weighted by Crippen LogP contribution is 2.25. The van der Waals surface area contributed by atoms with E-state index in [-0.39, 0.29) is 12.0 Å². The molecule has 1 aromatic heterocycles. The van der Waals surface area contributed by atoms with Gasteiger partial charge in [-0.1, -0.05) is 38.8 Å². The Hall–Kier alpha value is -2.15. The fraction of sp³-hybridized carbons (Fsp3) is 0.609. The number of amides is 1. The van der Waals surface area contributed by atoms with Crippen LogP contribution in [-0.2, 0) is 11.2 Å². The minimum absolute atomic E-state index is 0.162. The Bertz CT molecular complexity index is 825. The number of benzene rings is 1. The normalized spacial score (nSPS) is 17.8. The average Bonchev–Trinajstić information content (AvgIpc) is 3.22. The number of hydrogen-bond donors (Lipinski definition) is 0. The Morgan fingerprint density at radius 2 is 2.17 bits per heavy atom. The summed E-state index contributed by atoms with van der Waals surface area (Å²) >= 11 is 1.45. The molecule has 0 bridgehead atoms.